The Balaban J connectivity index is 1.77. The lowest BCUT2D eigenvalue weighted by Gasteiger charge is -2.22. The summed E-state index contributed by atoms with van der Waals surface area (Å²) in [7, 11) is 0. The number of nitrogens with two attached hydrogens (primary N) is 1. The van der Waals surface area contributed by atoms with E-state index in [0.29, 0.717) is 11.8 Å². The number of hydrogen-bond acceptors (Lipinski definition) is 4. The van der Waals surface area contributed by atoms with Crippen LogP contribution in [0.3, 0.4) is 0 Å². The summed E-state index contributed by atoms with van der Waals surface area (Å²) in [6.07, 6.45) is 6.85. The maximum Gasteiger partial charge on any atom is 0.128 e. The zero-order valence-electron chi connectivity index (χ0n) is 10.4. The van der Waals surface area contributed by atoms with Crippen LogP contribution in [0.15, 0.2) is 12.3 Å². The van der Waals surface area contributed by atoms with Crippen LogP contribution < -0.4 is 11.1 Å². The average molecular weight is 235 g/mol. The van der Waals surface area contributed by atoms with E-state index >= 15 is 0 Å². The largest absolute Gasteiger partial charge is 0.397 e. The lowest BCUT2D eigenvalue weighted by molar-refractivity contribution is 0.0134. The molecule has 0 amide bonds. The standard InChI is InChI=1S/C13H21N3O/c1-10-8-11(14)9-16-13(10)15-6-5-12-4-2-3-7-17-12/h8-9,12H,2-7,14H2,1H3,(H,15,16). The third-order valence-electron chi connectivity index (χ3n) is 3.13. The molecule has 1 aliphatic rings. The summed E-state index contributed by atoms with van der Waals surface area (Å²) < 4.78 is 5.68. The molecule has 3 N–H and O–H groups in total. The topological polar surface area (TPSA) is 60.2 Å². The van der Waals surface area contributed by atoms with Crippen molar-refractivity contribution in [3.05, 3.63) is 17.8 Å². The van der Waals surface area contributed by atoms with Gasteiger partial charge in [0.05, 0.1) is 18.0 Å². The number of nitrogens with zero attached hydrogens (tertiary/aromatic N) is 1. The molecule has 1 unspecified atom stereocenters. The number of nitrogen functional groups attached to an aromatic ring is 1. The molecular formula is C13H21N3O. The number of ether oxygens (including phenoxy) is 1. The Kier molecular flexibility index (Phi) is 4.20. The van der Waals surface area contributed by atoms with E-state index in [1.54, 1.807) is 6.20 Å². The Morgan fingerprint density at radius 1 is 1.53 bits per heavy atom. The Hall–Kier alpha value is -1.29. The molecule has 0 aromatic carbocycles. The third-order valence-corrected chi connectivity index (χ3v) is 3.13. The van der Waals surface area contributed by atoms with Gasteiger partial charge in [-0.2, -0.15) is 0 Å². The quantitative estimate of drug-likeness (QED) is 0.841. The second-order valence-electron chi connectivity index (χ2n) is 4.64. The van der Waals surface area contributed by atoms with Crippen LogP contribution in [-0.4, -0.2) is 24.2 Å². The first-order valence-corrected chi connectivity index (χ1v) is 6.33. The van der Waals surface area contributed by atoms with Crippen LogP contribution in [0.4, 0.5) is 11.5 Å². The summed E-state index contributed by atoms with van der Waals surface area (Å²) in [5.74, 6) is 0.926. The van der Waals surface area contributed by atoms with Gasteiger partial charge in [0, 0.05) is 13.2 Å². The van der Waals surface area contributed by atoms with Crippen molar-refractivity contribution in [3.63, 3.8) is 0 Å². The molecule has 0 spiro atoms. The van der Waals surface area contributed by atoms with Crippen LogP contribution >= 0.6 is 0 Å². The summed E-state index contributed by atoms with van der Waals surface area (Å²) in [5.41, 5.74) is 7.47. The summed E-state index contributed by atoms with van der Waals surface area (Å²) in [5, 5.41) is 3.34. The van der Waals surface area contributed by atoms with Gasteiger partial charge >= 0.3 is 0 Å². The van der Waals surface area contributed by atoms with Gasteiger partial charge in [-0.3, -0.25) is 0 Å². The van der Waals surface area contributed by atoms with Crippen molar-refractivity contribution in [2.45, 2.75) is 38.7 Å². The monoisotopic (exact) mass is 235 g/mol. The fourth-order valence-corrected chi connectivity index (χ4v) is 2.17. The molecule has 1 fully saturated rings. The molecule has 0 aliphatic carbocycles. The van der Waals surface area contributed by atoms with Crippen LogP contribution in [0.1, 0.15) is 31.2 Å². The lowest BCUT2D eigenvalue weighted by Crippen LogP contribution is -2.22. The summed E-state index contributed by atoms with van der Waals surface area (Å²) in [6, 6.07) is 1.94. The van der Waals surface area contributed by atoms with Crippen LogP contribution in [0.5, 0.6) is 0 Å². The van der Waals surface area contributed by atoms with E-state index in [1.807, 2.05) is 13.0 Å². The predicted octanol–water partition coefficient (Wildman–Crippen LogP) is 2.34. The summed E-state index contributed by atoms with van der Waals surface area (Å²) in [6.45, 7) is 3.84. The molecule has 17 heavy (non-hydrogen) atoms. The van der Waals surface area contributed by atoms with E-state index in [1.165, 1.54) is 19.3 Å². The van der Waals surface area contributed by atoms with Gasteiger partial charge in [0.2, 0.25) is 0 Å². The molecule has 1 aliphatic heterocycles. The number of rotatable bonds is 4. The molecule has 4 nitrogen and oxygen atoms in total. The summed E-state index contributed by atoms with van der Waals surface area (Å²) >= 11 is 0. The van der Waals surface area contributed by atoms with Crippen molar-refractivity contribution in [3.8, 4) is 0 Å². The highest BCUT2D eigenvalue weighted by Crippen LogP contribution is 2.17. The van der Waals surface area contributed by atoms with Crippen molar-refractivity contribution < 1.29 is 4.74 Å². The Labute approximate surface area is 103 Å². The molecule has 0 bridgehead atoms. The van der Waals surface area contributed by atoms with Crippen LogP contribution in [-0.2, 0) is 4.74 Å². The molecule has 1 atom stereocenters. The van der Waals surface area contributed by atoms with Crippen molar-refractivity contribution in [1.29, 1.82) is 0 Å². The Bertz CT molecular complexity index is 362. The fourth-order valence-electron chi connectivity index (χ4n) is 2.17. The first kappa shape index (κ1) is 12.2. The normalized spacial score (nSPS) is 20.2. The fraction of sp³-hybridized carbons (Fsp3) is 0.615. The summed E-state index contributed by atoms with van der Waals surface area (Å²) in [4.78, 5) is 4.28. The molecule has 1 saturated heterocycles. The van der Waals surface area contributed by atoms with Crippen LogP contribution in [0.2, 0.25) is 0 Å². The van der Waals surface area contributed by atoms with E-state index in [4.69, 9.17) is 10.5 Å². The zero-order valence-corrected chi connectivity index (χ0v) is 10.4. The number of nitrogens with one attached hydrogen (secondary N) is 1. The van der Waals surface area contributed by atoms with Gasteiger partial charge in [0.15, 0.2) is 0 Å². The van der Waals surface area contributed by atoms with Crippen molar-refractivity contribution in [2.75, 3.05) is 24.2 Å². The maximum atomic E-state index is 5.68. The SMILES string of the molecule is Cc1cc(N)cnc1NCCC1CCCCO1. The van der Waals surface area contributed by atoms with E-state index in [-0.39, 0.29) is 0 Å². The van der Waals surface area contributed by atoms with Crippen molar-refractivity contribution >= 4 is 11.5 Å². The molecule has 1 aromatic rings. The predicted molar refractivity (Wildman–Crippen MR) is 70.1 cm³/mol. The number of aryl methyl sites for hydroxylation is 1. The highest BCUT2D eigenvalue weighted by Gasteiger charge is 2.13. The Morgan fingerprint density at radius 2 is 2.41 bits per heavy atom. The second kappa shape index (κ2) is 5.87. The van der Waals surface area contributed by atoms with E-state index in [9.17, 15) is 0 Å². The van der Waals surface area contributed by atoms with Gasteiger partial charge in [-0.05, 0) is 44.2 Å². The molecule has 2 rings (SSSR count). The van der Waals surface area contributed by atoms with Gasteiger partial charge in [-0.15, -0.1) is 0 Å². The number of pyridine rings is 1. The van der Waals surface area contributed by atoms with E-state index in [0.717, 1.165) is 31.0 Å². The zero-order chi connectivity index (χ0) is 12.1. The van der Waals surface area contributed by atoms with Crippen molar-refractivity contribution in [2.24, 2.45) is 0 Å². The maximum absolute atomic E-state index is 5.68. The lowest BCUT2D eigenvalue weighted by atomic mass is 10.1. The smallest absolute Gasteiger partial charge is 0.128 e. The number of aromatic nitrogens is 1. The number of anilines is 2. The second-order valence-corrected chi connectivity index (χ2v) is 4.64. The van der Waals surface area contributed by atoms with Gasteiger partial charge in [-0.1, -0.05) is 0 Å². The average Bonchev–Trinajstić information content (AvgIpc) is 2.33. The molecular weight excluding hydrogens is 214 g/mol. The first-order chi connectivity index (χ1) is 8.25. The van der Waals surface area contributed by atoms with E-state index in [2.05, 4.69) is 10.3 Å². The van der Waals surface area contributed by atoms with Crippen LogP contribution in [0, 0.1) is 6.92 Å². The minimum atomic E-state index is 0.422. The molecule has 0 saturated carbocycles. The van der Waals surface area contributed by atoms with Gasteiger partial charge < -0.3 is 15.8 Å². The van der Waals surface area contributed by atoms with Crippen molar-refractivity contribution in [1.82, 2.24) is 4.98 Å². The van der Waals surface area contributed by atoms with Gasteiger partial charge in [-0.25, -0.2) is 4.98 Å². The molecule has 4 heteroatoms. The minimum absolute atomic E-state index is 0.422. The Morgan fingerprint density at radius 3 is 3.12 bits per heavy atom. The van der Waals surface area contributed by atoms with Crippen LogP contribution in [0.25, 0.3) is 0 Å². The van der Waals surface area contributed by atoms with E-state index < -0.39 is 0 Å². The molecule has 2 heterocycles. The highest BCUT2D eigenvalue weighted by molar-refractivity contribution is 5.50. The van der Waals surface area contributed by atoms with Gasteiger partial charge in [0.25, 0.3) is 0 Å². The highest BCUT2D eigenvalue weighted by atomic mass is 16.5. The molecule has 0 radical (unpaired) electrons. The molecule has 94 valence electrons. The first-order valence-electron chi connectivity index (χ1n) is 6.33. The van der Waals surface area contributed by atoms with Gasteiger partial charge in [0.1, 0.15) is 5.82 Å². The minimum Gasteiger partial charge on any atom is -0.397 e. The molecule has 1 aromatic heterocycles. The third kappa shape index (κ3) is 3.60. The number of hydrogen-bond donors (Lipinski definition) is 2.